The highest BCUT2D eigenvalue weighted by molar-refractivity contribution is 7.97. The highest BCUT2D eigenvalue weighted by Gasteiger charge is 2.44. The van der Waals surface area contributed by atoms with Gasteiger partial charge in [0, 0.05) is 37.0 Å². The molecule has 2 aromatic heterocycles. The van der Waals surface area contributed by atoms with E-state index in [1.165, 1.54) is 4.90 Å². The van der Waals surface area contributed by atoms with Gasteiger partial charge in [0.25, 0.3) is 0 Å². The fourth-order valence-corrected chi connectivity index (χ4v) is 8.24. The van der Waals surface area contributed by atoms with Crippen LogP contribution < -0.4 is 16.0 Å². The van der Waals surface area contributed by atoms with Gasteiger partial charge in [-0.15, -0.1) is 11.3 Å². The average molecular weight is 909 g/mol. The van der Waals surface area contributed by atoms with Gasteiger partial charge in [-0.3, -0.25) is 24.0 Å². The minimum Gasteiger partial charge on any atom is -0.391 e. The average Bonchev–Trinajstić information content (AvgIpc) is 3.97. The number of fused-ring (bicyclic) bond motifs is 1. The van der Waals surface area contributed by atoms with Gasteiger partial charge in [-0.1, -0.05) is 75.9 Å². The van der Waals surface area contributed by atoms with Crippen molar-refractivity contribution in [2.75, 3.05) is 65.9 Å². The molecule has 4 amide bonds. The second-order valence-corrected chi connectivity index (χ2v) is 17.7. The van der Waals surface area contributed by atoms with Crippen molar-refractivity contribution in [2.24, 2.45) is 5.41 Å². The fraction of sp³-hybridized carbons (Fsp3) is 0.511. The number of ether oxygens (including phenoxy) is 4. The van der Waals surface area contributed by atoms with Gasteiger partial charge in [0.2, 0.25) is 28.7 Å². The van der Waals surface area contributed by atoms with Crippen LogP contribution in [0.25, 0.3) is 21.3 Å². The minimum absolute atomic E-state index is 0.0548. The number of benzene rings is 2. The SMILES string of the molecule is Cc1ncsc1-c1ccc([C@H](C)NC(=O)[C@@H]2C[C@@H](O)CN2C(=O)[C@@H](NC(=O)CC(=O)NCCOCCOCCOCCOCCn2c(C(=O)S)cc3ccccc32)C(C)(C)C)cc1. The lowest BCUT2D eigenvalue weighted by Crippen LogP contribution is -2.58. The van der Waals surface area contributed by atoms with Crippen LogP contribution in [0.4, 0.5) is 0 Å². The number of nitrogens with one attached hydrogen (secondary N) is 3. The van der Waals surface area contributed by atoms with Crippen LogP contribution in [-0.4, -0.2) is 132 Å². The van der Waals surface area contributed by atoms with Gasteiger partial charge in [0.15, 0.2) is 0 Å². The van der Waals surface area contributed by atoms with Gasteiger partial charge in [0.05, 0.1) is 86.8 Å². The number of amides is 4. The number of thiol groups is 1. The van der Waals surface area contributed by atoms with Crippen LogP contribution in [0.5, 0.6) is 0 Å². The zero-order valence-electron chi connectivity index (χ0n) is 36.6. The Kier molecular flexibility index (Phi) is 18.7. The number of carbonyl (C=O) groups is 5. The molecule has 1 fully saturated rings. The van der Waals surface area contributed by atoms with E-state index >= 15 is 0 Å². The number of β-amino-alcohol motifs (C(OH)–C–C–N with tert-alkyl or cyclic N) is 1. The second-order valence-electron chi connectivity index (χ2n) is 16.4. The van der Waals surface area contributed by atoms with Crippen molar-refractivity contribution in [3.05, 3.63) is 77.1 Å². The third-order valence-electron chi connectivity index (χ3n) is 10.6. The molecular formula is C45H60N6O10S2. The summed E-state index contributed by atoms with van der Waals surface area (Å²) in [5, 5.41) is 19.6. The van der Waals surface area contributed by atoms with E-state index in [0.717, 1.165) is 32.6 Å². The summed E-state index contributed by atoms with van der Waals surface area (Å²) in [6.07, 6.45) is -1.37. The number of rotatable bonds is 24. The summed E-state index contributed by atoms with van der Waals surface area (Å²) >= 11 is 5.56. The first kappa shape index (κ1) is 49.3. The molecule has 2 aromatic carbocycles. The van der Waals surface area contributed by atoms with Crippen molar-refractivity contribution in [1.29, 1.82) is 0 Å². The largest absolute Gasteiger partial charge is 0.391 e. The van der Waals surface area contributed by atoms with E-state index in [4.69, 9.17) is 18.9 Å². The monoisotopic (exact) mass is 908 g/mol. The lowest BCUT2D eigenvalue weighted by Gasteiger charge is -2.35. The number of likely N-dealkylation sites (tertiary alicyclic amines) is 1. The number of aliphatic hydroxyl groups is 1. The molecule has 16 nitrogen and oxygen atoms in total. The smallest absolute Gasteiger partial charge is 0.246 e. The topological polar surface area (TPSA) is 200 Å². The molecule has 0 spiro atoms. The van der Waals surface area contributed by atoms with Crippen LogP contribution in [0, 0.1) is 12.3 Å². The quantitative estimate of drug-likeness (QED) is 0.0386. The zero-order chi connectivity index (χ0) is 45.5. The predicted octanol–water partition coefficient (Wildman–Crippen LogP) is 4.09. The number of para-hydroxylation sites is 1. The molecule has 4 atom stereocenters. The predicted molar refractivity (Wildman–Crippen MR) is 243 cm³/mol. The van der Waals surface area contributed by atoms with E-state index < -0.39 is 53.7 Å². The summed E-state index contributed by atoms with van der Waals surface area (Å²) in [5.74, 6) is -2.12. The maximum absolute atomic E-state index is 14.0. The van der Waals surface area contributed by atoms with Crippen LogP contribution in [-0.2, 0) is 44.7 Å². The molecule has 1 aliphatic heterocycles. The van der Waals surface area contributed by atoms with Gasteiger partial charge >= 0.3 is 0 Å². The van der Waals surface area contributed by atoms with E-state index in [9.17, 15) is 29.1 Å². The number of hydrogen-bond acceptors (Lipinski definition) is 12. The third kappa shape index (κ3) is 14.4. The Balaban J connectivity index is 0.929. The molecule has 4 aromatic rings. The first-order chi connectivity index (χ1) is 30.1. The Bertz CT molecular complexity index is 2150. The molecule has 0 unspecified atom stereocenters. The van der Waals surface area contributed by atoms with E-state index in [1.807, 2.05) is 73.0 Å². The van der Waals surface area contributed by atoms with Gasteiger partial charge in [0.1, 0.15) is 18.5 Å². The van der Waals surface area contributed by atoms with Gasteiger partial charge < -0.3 is 49.5 Å². The van der Waals surface area contributed by atoms with Crippen LogP contribution in [0.3, 0.4) is 0 Å². The van der Waals surface area contributed by atoms with E-state index in [1.54, 1.807) is 37.6 Å². The second kappa shape index (κ2) is 23.8. The van der Waals surface area contributed by atoms with E-state index in [2.05, 4.69) is 33.6 Å². The first-order valence-corrected chi connectivity index (χ1v) is 22.4. The van der Waals surface area contributed by atoms with Crippen LogP contribution in [0.1, 0.15) is 68.3 Å². The molecule has 0 radical (unpaired) electrons. The number of aromatic nitrogens is 2. The van der Waals surface area contributed by atoms with Gasteiger partial charge in [-0.2, -0.15) is 0 Å². The van der Waals surface area contributed by atoms with E-state index in [0.29, 0.717) is 58.5 Å². The maximum Gasteiger partial charge on any atom is 0.246 e. The fourth-order valence-electron chi connectivity index (χ4n) is 7.24. The molecule has 63 heavy (non-hydrogen) atoms. The number of aliphatic hydroxyl groups excluding tert-OH is 1. The van der Waals surface area contributed by atoms with E-state index in [-0.39, 0.29) is 37.3 Å². The molecule has 0 bridgehead atoms. The van der Waals surface area contributed by atoms with Gasteiger partial charge in [-0.05, 0) is 42.5 Å². The molecule has 5 rings (SSSR count). The first-order valence-electron chi connectivity index (χ1n) is 21.1. The zero-order valence-corrected chi connectivity index (χ0v) is 38.3. The summed E-state index contributed by atoms with van der Waals surface area (Å²) in [5.41, 5.74) is 5.36. The Hall–Kier alpha value is -4.69. The molecule has 3 heterocycles. The molecule has 1 aliphatic rings. The summed E-state index contributed by atoms with van der Waals surface area (Å²) in [6.45, 7) is 12.5. The standard InChI is InChI=1S/C45H60N6O10S2/c1-29(31-10-12-32(13-11-31)40-30(2)47-28-63-40)48-42(55)36-25-34(52)27-51(36)43(56)41(45(3,4)5)49-39(54)26-38(53)46-14-16-58-18-20-60-22-23-61-21-19-59-17-15-50-35-9-7-6-8-33(35)24-37(50)44(57)62/h6-13,24,28-29,34,36,41,52H,14-23,25-27H2,1-5H3,(H,46,53)(H,48,55)(H,49,54)(H,57,62)/t29-,34+,36-,41+/m0/s1. The Morgan fingerprint density at radius 1 is 0.889 bits per heavy atom. The number of aryl methyl sites for hydroxylation is 1. The van der Waals surface area contributed by atoms with Crippen LogP contribution in [0.2, 0.25) is 0 Å². The van der Waals surface area contributed by atoms with Crippen LogP contribution >= 0.6 is 24.0 Å². The van der Waals surface area contributed by atoms with Crippen molar-refractivity contribution < 1.29 is 48.0 Å². The Morgan fingerprint density at radius 3 is 2.14 bits per heavy atom. The van der Waals surface area contributed by atoms with Crippen molar-refractivity contribution in [1.82, 2.24) is 30.4 Å². The summed E-state index contributed by atoms with van der Waals surface area (Å²) in [6, 6.07) is 15.1. The minimum atomic E-state index is -1.07. The number of nitrogens with zero attached hydrogens (tertiary/aromatic N) is 3. The summed E-state index contributed by atoms with van der Waals surface area (Å²) in [7, 11) is 0. The molecular weight excluding hydrogens is 849 g/mol. The lowest BCUT2D eigenvalue weighted by atomic mass is 9.85. The van der Waals surface area contributed by atoms with Crippen molar-refractivity contribution >= 4 is 63.6 Å². The summed E-state index contributed by atoms with van der Waals surface area (Å²) in [4.78, 5) is 71.8. The molecule has 18 heteroatoms. The van der Waals surface area contributed by atoms with Gasteiger partial charge in [-0.25, -0.2) is 4.98 Å². The normalized spacial score (nSPS) is 16.2. The molecule has 0 aliphatic carbocycles. The maximum atomic E-state index is 14.0. The highest BCUT2D eigenvalue weighted by Crippen LogP contribution is 2.30. The third-order valence-corrected chi connectivity index (χ3v) is 11.8. The van der Waals surface area contributed by atoms with Crippen molar-refractivity contribution in [3.8, 4) is 10.4 Å². The highest BCUT2D eigenvalue weighted by atomic mass is 32.1. The van der Waals surface area contributed by atoms with Crippen LogP contribution in [0.15, 0.2) is 60.1 Å². The molecule has 342 valence electrons. The van der Waals surface area contributed by atoms with Crippen molar-refractivity contribution in [3.63, 3.8) is 0 Å². The Morgan fingerprint density at radius 2 is 1.52 bits per heavy atom. The Labute approximate surface area is 377 Å². The number of carbonyl (C=O) groups excluding carboxylic acids is 5. The van der Waals surface area contributed by atoms with Crippen molar-refractivity contribution in [2.45, 2.75) is 78.2 Å². The molecule has 4 N–H and O–H groups in total. The summed E-state index contributed by atoms with van der Waals surface area (Å²) < 4.78 is 24.2. The molecule has 0 saturated carbocycles. The molecule has 1 saturated heterocycles. The lowest BCUT2D eigenvalue weighted by molar-refractivity contribution is -0.144. The number of hydrogen-bond donors (Lipinski definition) is 5. The number of thiazole rings is 1.